The van der Waals surface area contributed by atoms with Gasteiger partial charge in [-0.1, -0.05) is 18.2 Å². The second-order valence-electron chi connectivity index (χ2n) is 6.16. The highest BCUT2D eigenvalue weighted by Gasteiger charge is 2.10. The predicted molar refractivity (Wildman–Crippen MR) is 108 cm³/mol. The highest BCUT2D eigenvalue weighted by molar-refractivity contribution is 7.13. The van der Waals surface area contributed by atoms with Crippen molar-refractivity contribution < 1.29 is 9.90 Å². The van der Waals surface area contributed by atoms with Crippen molar-refractivity contribution >= 4 is 41.2 Å². The average molecular weight is 364 g/mol. The average Bonchev–Trinajstić information content (AvgIpc) is 3.13. The molecule has 2 heterocycles. The number of aliphatic carboxylic acids is 1. The summed E-state index contributed by atoms with van der Waals surface area (Å²) in [5, 5.41) is 8.92. The molecule has 2 aromatic rings. The van der Waals surface area contributed by atoms with E-state index in [1.54, 1.807) is 0 Å². The predicted octanol–water partition coefficient (Wildman–Crippen LogP) is 5.25. The first kappa shape index (κ1) is 18.0. The fourth-order valence-electron chi connectivity index (χ4n) is 2.94. The van der Waals surface area contributed by atoms with Gasteiger partial charge in [-0.25, -0.2) is 4.85 Å². The molecule has 1 saturated heterocycles. The molecule has 132 valence electrons. The molecule has 4 nitrogen and oxygen atoms in total. The van der Waals surface area contributed by atoms with Crippen molar-refractivity contribution in [2.75, 3.05) is 18.0 Å². The van der Waals surface area contributed by atoms with E-state index in [-0.39, 0.29) is 5.70 Å². The van der Waals surface area contributed by atoms with E-state index in [1.165, 1.54) is 42.4 Å². The summed E-state index contributed by atoms with van der Waals surface area (Å²) in [6, 6.07) is 12.3. The molecule has 1 fully saturated rings. The van der Waals surface area contributed by atoms with Crippen molar-refractivity contribution in [3.8, 4) is 0 Å². The van der Waals surface area contributed by atoms with E-state index >= 15 is 0 Å². The van der Waals surface area contributed by atoms with Gasteiger partial charge in [0.15, 0.2) is 0 Å². The van der Waals surface area contributed by atoms with Crippen molar-refractivity contribution in [2.24, 2.45) is 0 Å². The van der Waals surface area contributed by atoms with Crippen molar-refractivity contribution in [3.05, 3.63) is 68.8 Å². The molecule has 0 saturated carbocycles. The van der Waals surface area contributed by atoms with E-state index in [2.05, 4.69) is 34.0 Å². The Morgan fingerprint density at radius 1 is 1.04 bits per heavy atom. The third-order valence-electron chi connectivity index (χ3n) is 4.32. The summed E-state index contributed by atoms with van der Waals surface area (Å²) in [6.07, 6.45) is 9.34. The van der Waals surface area contributed by atoms with Crippen molar-refractivity contribution in [2.45, 2.75) is 19.3 Å². The van der Waals surface area contributed by atoms with Gasteiger partial charge in [-0.3, -0.25) is 4.79 Å². The molecule has 0 unspecified atom stereocenters. The van der Waals surface area contributed by atoms with E-state index in [0.29, 0.717) is 0 Å². The molecule has 1 aromatic heterocycles. The van der Waals surface area contributed by atoms with Crippen LogP contribution in [0.1, 0.15) is 34.6 Å². The minimum absolute atomic E-state index is 0.268. The summed E-state index contributed by atoms with van der Waals surface area (Å²) in [6.45, 7) is 9.18. The van der Waals surface area contributed by atoms with Crippen LogP contribution in [-0.4, -0.2) is 24.2 Å². The molecular formula is C21H20N2O2S. The van der Waals surface area contributed by atoms with E-state index in [1.807, 2.05) is 24.3 Å². The van der Waals surface area contributed by atoms with E-state index < -0.39 is 5.97 Å². The van der Waals surface area contributed by atoms with Gasteiger partial charge in [0.05, 0.1) is 6.57 Å². The number of thiophene rings is 1. The van der Waals surface area contributed by atoms with Crippen LogP contribution in [-0.2, 0) is 4.79 Å². The minimum atomic E-state index is -1.20. The van der Waals surface area contributed by atoms with Crippen LogP contribution in [0.5, 0.6) is 0 Å². The molecule has 0 atom stereocenters. The zero-order valence-corrected chi connectivity index (χ0v) is 15.2. The van der Waals surface area contributed by atoms with Crippen molar-refractivity contribution in [1.82, 2.24) is 0 Å². The van der Waals surface area contributed by atoms with Crippen LogP contribution >= 0.6 is 11.3 Å². The first-order valence-electron chi connectivity index (χ1n) is 8.61. The van der Waals surface area contributed by atoms with Gasteiger partial charge < -0.3 is 10.0 Å². The second kappa shape index (κ2) is 8.50. The van der Waals surface area contributed by atoms with Gasteiger partial charge in [-0.15, -0.1) is 11.3 Å². The number of rotatable bonds is 5. The largest absolute Gasteiger partial charge is 0.486 e. The molecule has 5 heteroatoms. The molecule has 1 aliphatic rings. The highest BCUT2D eigenvalue weighted by atomic mass is 32.1. The maximum Gasteiger partial charge on any atom is 0.333 e. The zero-order valence-electron chi connectivity index (χ0n) is 14.4. The topological polar surface area (TPSA) is 44.9 Å². The lowest BCUT2D eigenvalue weighted by Crippen LogP contribution is -2.29. The number of anilines is 1. The van der Waals surface area contributed by atoms with Gasteiger partial charge in [0, 0.05) is 28.5 Å². The SMILES string of the molecule is [C-]#[N+]C(=Cc1ccc(C=Cc2ccc(N3CCCCC3)cc2)s1)C(=O)O. The summed E-state index contributed by atoms with van der Waals surface area (Å²) < 4.78 is 0. The number of hydrogen-bond donors (Lipinski definition) is 1. The number of nitrogens with zero attached hydrogens (tertiary/aromatic N) is 2. The van der Waals surface area contributed by atoms with Gasteiger partial charge in [0.2, 0.25) is 0 Å². The number of hydrogen-bond acceptors (Lipinski definition) is 3. The number of benzene rings is 1. The maximum absolute atomic E-state index is 10.9. The van der Waals surface area contributed by atoms with Crippen LogP contribution in [0.3, 0.4) is 0 Å². The standard InChI is InChI=1S/C21H20N2O2S/c1-22-20(21(24)25)15-19-12-11-18(26-19)10-7-16-5-8-17(9-6-16)23-13-3-2-4-14-23/h5-12,15H,2-4,13-14H2,(H,24,25). The normalized spacial score (nSPS) is 15.2. The quantitative estimate of drug-likeness (QED) is 0.582. The molecule has 0 aliphatic carbocycles. The summed E-state index contributed by atoms with van der Waals surface area (Å²) in [7, 11) is 0. The van der Waals surface area contributed by atoms with E-state index in [0.717, 1.165) is 28.4 Å². The molecule has 0 radical (unpaired) electrons. The summed E-state index contributed by atoms with van der Waals surface area (Å²) in [5.41, 5.74) is 2.14. The first-order valence-corrected chi connectivity index (χ1v) is 9.43. The van der Waals surface area contributed by atoms with Crippen LogP contribution in [0.2, 0.25) is 0 Å². The van der Waals surface area contributed by atoms with Crippen molar-refractivity contribution in [3.63, 3.8) is 0 Å². The fraction of sp³-hybridized carbons (Fsp3) is 0.238. The lowest BCUT2D eigenvalue weighted by atomic mass is 10.1. The van der Waals surface area contributed by atoms with E-state index in [9.17, 15) is 4.79 Å². The second-order valence-corrected chi connectivity index (χ2v) is 7.31. The van der Waals surface area contributed by atoms with Crippen molar-refractivity contribution in [1.29, 1.82) is 0 Å². The fourth-order valence-corrected chi connectivity index (χ4v) is 3.79. The monoisotopic (exact) mass is 364 g/mol. The molecular weight excluding hydrogens is 344 g/mol. The van der Waals surface area contributed by atoms with Crippen LogP contribution in [0.15, 0.2) is 42.1 Å². The molecule has 0 bridgehead atoms. The van der Waals surface area contributed by atoms with E-state index in [4.69, 9.17) is 11.7 Å². The Morgan fingerprint density at radius 3 is 2.38 bits per heavy atom. The molecule has 1 aliphatic heterocycles. The van der Waals surface area contributed by atoms with Crippen LogP contribution < -0.4 is 4.90 Å². The Kier molecular flexibility index (Phi) is 5.88. The molecule has 0 amide bonds. The Morgan fingerprint density at radius 2 is 1.73 bits per heavy atom. The highest BCUT2D eigenvalue weighted by Crippen LogP contribution is 2.24. The number of piperidine rings is 1. The lowest BCUT2D eigenvalue weighted by molar-refractivity contribution is -0.132. The molecule has 26 heavy (non-hydrogen) atoms. The molecule has 1 N–H and O–H groups in total. The number of carboxylic acid groups (broad SMARTS) is 1. The summed E-state index contributed by atoms with van der Waals surface area (Å²) >= 11 is 1.46. The minimum Gasteiger partial charge on any atom is -0.486 e. The third-order valence-corrected chi connectivity index (χ3v) is 5.32. The van der Waals surface area contributed by atoms with Crippen LogP contribution in [0, 0.1) is 6.57 Å². The van der Waals surface area contributed by atoms with Gasteiger partial charge in [-0.2, -0.15) is 0 Å². The third kappa shape index (κ3) is 4.62. The van der Waals surface area contributed by atoms with Gasteiger partial charge in [0.1, 0.15) is 0 Å². The number of carbonyl (C=O) groups is 1. The Labute approximate surface area is 157 Å². The smallest absolute Gasteiger partial charge is 0.333 e. The van der Waals surface area contributed by atoms with Gasteiger partial charge >= 0.3 is 5.97 Å². The number of carboxylic acids is 1. The first-order chi connectivity index (χ1) is 12.7. The Bertz CT molecular complexity index is 866. The molecule has 1 aromatic carbocycles. The van der Waals surface area contributed by atoms with Gasteiger partial charge in [-0.05, 0) is 61.2 Å². The zero-order chi connectivity index (χ0) is 18.4. The summed E-state index contributed by atoms with van der Waals surface area (Å²) in [5.74, 6) is -1.20. The Balaban J connectivity index is 1.67. The lowest BCUT2D eigenvalue weighted by Gasteiger charge is -2.28. The van der Waals surface area contributed by atoms with Crippen LogP contribution in [0.25, 0.3) is 23.1 Å². The maximum atomic E-state index is 10.9. The van der Waals surface area contributed by atoms with Gasteiger partial charge in [0.25, 0.3) is 5.70 Å². The molecule has 0 spiro atoms. The summed E-state index contributed by atoms with van der Waals surface area (Å²) in [4.78, 5) is 18.1. The van der Waals surface area contributed by atoms with Crippen LogP contribution in [0.4, 0.5) is 5.69 Å². The Hall–Kier alpha value is -2.84. The molecule has 3 rings (SSSR count).